The minimum absolute atomic E-state index is 0.330. The molecule has 0 fully saturated rings. The third kappa shape index (κ3) is 5.87. The Morgan fingerprint density at radius 3 is 2.12 bits per heavy atom. The van der Waals surface area contributed by atoms with Crippen molar-refractivity contribution >= 4 is 11.8 Å². The van der Waals surface area contributed by atoms with Gasteiger partial charge in [-0.15, -0.1) is 0 Å². The van der Waals surface area contributed by atoms with Crippen LogP contribution in [0.1, 0.15) is 13.8 Å². The number of thioether (sulfide) groups is 1. The summed E-state index contributed by atoms with van der Waals surface area (Å²) in [4.78, 5) is 0. The molecule has 8 heavy (non-hydrogen) atoms. The molecular weight excluding hydrogens is 118 g/mol. The normalized spacial score (nSPS) is 10.0. The molecule has 0 rings (SSSR count). The van der Waals surface area contributed by atoms with Gasteiger partial charge in [-0.1, -0.05) is 17.7 Å². The second kappa shape index (κ2) is 3.01. The van der Waals surface area contributed by atoms with Gasteiger partial charge >= 0.3 is 0 Å². The Hall–Kier alpha value is -0.130. The van der Waals surface area contributed by atoms with Gasteiger partial charge in [-0.05, 0) is 25.4 Å². The van der Waals surface area contributed by atoms with Gasteiger partial charge in [0.1, 0.15) is 0 Å². The molecule has 0 bridgehead atoms. The summed E-state index contributed by atoms with van der Waals surface area (Å²) >= 11 is 1.49. The molecule has 0 spiro atoms. The fraction of sp³-hybridized carbons (Fsp3) is 0.667. The Kier molecular flexibility index (Phi) is 2.96. The first-order valence-electron chi connectivity index (χ1n) is 2.40. The molecule has 2 heteroatoms. The number of nitrogens with two attached hydrogens (primary N) is 1. The number of hydrogen-bond acceptors (Lipinski definition) is 2. The van der Waals surface area contributed by atoms with E-state index in [0.717, 1.165) is 0 Å². The first kappa shape index (κ1) is 7.87. The Morgan fingerprint density at radius 1 is 1.50 bits per heavy atom. The Balaban J connectivity index is 3.69. The van der Waals surface area contributed by atoms with Gasteiger partial charge < -0.3 is 5.73 Å². The molecule has 0 radical (unpaired) electrons. The third-order valence-electron chi connectivity index (χ3n) is 0.475. The van der Waals surface area contributed by atoms with Gasteiger partial charge in [0.15, 0.2) is 0 Å². The first-order valence-corrected chi connectivity index (χ1v) is 3.63. The molecular formula is C6H11NS. The molecule has 0 aliphatic rings. The zero-order valence-electron chi connectivity index (χ0n) is 5.49. The lowest BCUT2D eigenvalue weighted by atomic mass is 10.1. The summed E-state index contributed by atoms with van der Waals surface area (Å²) in [5.41, 5.74) is 5.20. The van der Waals surface area contributed by atoms with Gasteiger partial charge in [-0.3, -0.25) is 0 Å². The van der Waals surface area contributed by atoms with E-state index in [1.54, 1.807) is 0 Å². The lowest BCUT2D eigenvalue weighted by molar-refractivity contribution is 0.681. The zero-order valence-corrected chi connectivity index (χ0v) is 6.30. The maximum absolute atomic E-state index is 5.53. The molecule has 0 aliphatic carbocycles. The minimum atomic E-state index is -0.330. The van der Waals surface area contributed by atoms with Crippen LogP contribution in [0.25, 0.3) is 0 Å². The van der Waals surface area contributed by atoms with Gasteiger partial charge in [0.2, 0.25) is 0 Å². The molecule has 0 unspecified atom stereocenters. The van der Waals surface area contributed by atoms with E-state index < -0.39 is 0 Å². The van der Waals surface area contributed by atoms with Gasteiger partial charge in [0.05, 0.1) is 5.54 Å². The third-order valence-corrected chi connectivity index (χ3v) is 0.781. The fourth-order valence-corrected chi connectivity index (χ4v) is 0.548. The highest BCUT2D eigenvalue weighted by atomic mass is 32.2. The van der Waals surface area contributed by atoms with Crippen LogP contribution in [0.4, 0.5) is 0 Å². The van der Waals surface area contributed by atoms with Crippen molar-refractivity contribution in [3.8, 4) is 11.2 Å². The van der Waals surface area contributed by atoms with E-state index in [-0.39, 0.29) is 5.54 Å². The van der Waals surface area contributed by atoms with Gasteiger partial charge in [0, 0.05) is 0 Å². The van der Waals surface area contributed by atoms with Crippen molar-refractivity contribution in [2.75, 3.05) is 6.26 Å². The molecule has 0 heterocycles. The predicted molar refractivity (Wildman–Crippen MR) is 39.6 cm³/mol. The molecule has 0 atom stereocenters. The average molecular weight is 129 g/mol. The van der Waals surface area contributed by atoms with Crippen LogP contribution < -0.4 is 5.73 Å². The van der Waals surface area contributed by atoms with Crippen molar-refractivity contribution < 1.29 is 0 Å². The lowest BCUT2D eigenvalue weighted by Gasteiger charge is -2.06. The number of rotatable bonds is 0. The molecule has 0 aliphatic heterocycles. The van der Waals surface area contributed by atoms with Crippen LogP contribution in [0.2, 0.25) is 0 Å². The van der Waals surface area contributed by atoms with Gasteiger partial charge in [0.25, 0.3) is 0 Å². The van der Waals surface area contributed by atoms with Crippen LogP contribution in [0.3, 0.4) is 0 Å². The molecule has 1 nitrogen and oxygen atoms in total. The smallest absolute Gasteiger partial charge is 0.0728 e. The monoisotopic (exact) mass is 129 g/mol. The highest BCUT2D eigenvalue weighted by Gasteiger charge is 2.02. The van der Waals surface area contributed by atoms with Crippen LogP contribution in [0.5, 0.6) is 0 Å². The van der Waals surface area contributed by atoms with E-state index in [0.29, 0.717) is 0 Å². The Morgan fingerprint density at radius 2 is 2.00 bits per heavy atom. The van der Waals surface area contributed by atoms with E-state index in [1.165, 1.54) is 11.8 Å². The molecule has 0 saturated carbocycles. The van der Waals surface area contributed by atoms with E-state index in [9.17, 15) is 0 Å². The standard InChI is InChI=1S/C6H11NS/c1-6(2,7)4-5-8-3/h7H2,1-3H3. The summed E-state index contributed by atoms with van der Waals surface area (Å²) in [6.45, 7) is 3.77. The molecule has 0 aromatic carbocycles. The van der Waals surface area contributed by atoms with Crippen LogP contribution >= 0.6 is 11.8 Å². The highest BCUT2D eigenvalue weighted by molar-refractivity contribution is 8.03. The maximum atomic E-state index is 5.53. The SMILES string of the molecule is CSC#CC(C)(C)N. The summed E-state index contributed by atoms with van der Waals surface area (Å²) in [5, 5.41) is 2.83. The largest absolute Gasteiger partial charge is 0.316 e. The van der Waals surface area contributed by atoms with Crippen molar-refractivity contribution in [3.05, 3.63) is 0 Å². The van der Waals surface area contributed by atoms with Crippen LogP contribution in [0, 0.1) is 11.2 Å². The number of hydrogen-bond donors (Lipinski definition) is 1. The fourth-order valence-electron chi connectivity index (χ4n) is 0.183. The Labute approximate surface area is 55.0 Å². The highest BCUT2D eigenvalue weighted by Crippen LogP contribution is 1.94. The quantitative estimate of drug-likeness (QED) is 0.495. The molecule has 0 amide bonds. The summed E-state index contributed by atoms with van der Waals surface area (Å²) in [7, 11) is 0. The molecule has 2 N–H and O–H groups in total. The van der Waals surface area contributed by atoms with E-state index in [2.05, 4.69) is 11.2 Å². The van der Waals surface area contributed by atoms with Crippen molar-refractivity contribution in [3.63, 3.8) is 0 Å². The Bertz CT molecular complexity index is 113. The second-order valence-electron chi connectivity index (χ2n) is 2.15. The van der Waals surface area contributed by atoms with E-state index >= 15 is 0 Å². The van der Waals surface area contributed by atoms with E-state index in [1.807, 2.05) is 20.1 Å². The minimum Gasteiger partial charge on any atom is -0.316 e. The average Bonchev–Trinajstić information content (AvgIpc) is 1.59. The topological polar surface area (TPSA) is 26.0 Å². The van der Waals surface area contributed by atoms with E-state index in [4.69, 9.17) is 5.73 Å². The molecule has 46 valence electrons. The van der Waals surface area contributed by atoms with Gasteiger partial charge in [-0.25, -0.2) is 0 Å². The van der Waals surface area contributed by atoms with Gasteiger partial charge in [-0.2, -0.15) is 0 Å². The summed E-state index contributed by atoms with van der Waals surface area (Å²) in [6, 6.07) is 0. The maximum Gasteiger partial charge on any atom is 0.0728 e. The molecule has 0 aromatic rings. The van der Waals surface area contributed by atoms with Crippen molar-refractivity contribution in [1.82, 2.24) is 0 Å². The first-order chi connectivity index (χ1) is 3.56. The summed E-state index contributed by atoms with van der Waals surface area (Å²) in [6.07, 6.45) is 1.93. The molecule has 0 aromatic heterocycles. The molecule has 0 saturated heterocycles. The van der Waals surface area contributed by atoms with Crippen molar-refractivity contribution in [2.24, 2.45) is 5.73 Å². The zero-order chi connectivity index (χ0) is 6.62. The van der Waals surface area contributed by atoms with Crippen molar-refractivity contribution in [2.45, 2.75) is 19.4 Å². The van der Waals surface area contributed by atoms with Crippen molar-refractivity contribution in [1.29, 1.82) is 0 Å². The predicted octanol–water partition coefficient (Wildman–Crippen LogP) is 1.05. The van der Waals surface area contributed by atoms with Crippen LogP contribution in [-0.2, 0) is 0 Å². The summed E-state index contributed by atoms with van der Waals surface area (Å²) in [5.74, 6) is 2.86. The van der Waals surface area contributed by atoms with Crippen LogP contribution in [-0.4, -0.2) is 11.8 Å². The second-order valence-corrected chi connectivity index (χ2v) is 2.77. The lowest BCUT2D eigenvalue weighted by Crippen LogP contribution is -2.29. The van der Waals surface area contributed by atoms with Crippen LogP contribution in [0.15, 0.2) is 0 Å². The summed E-state index contributed by atoms with van der Waals surface area (Å²) < 4.78 is 0.